The van der Waals surface area contributed by atoms with Gasteiger partial charge in [-0.05, 0) is 79.8 Å². The summed E-state index contributed by atoms with van der Waals surface area (Å²) < 4.78 is 0. The molecule has 6 N–H and O–H groups in total. The Labute approximate surface area is 221 Å². The van der Waals surface area contributed by atoms with Crippen LogP contribution < -0.4 is 22.3 Å². The molecular weight excluding hydrogens is 514 g/mol. The van der Waals surface area contributed by atoms with E-state index in [9.17, 15) is 10.4 Å². The van der Waals surface area contributed by atoms with Gasteiger partial charge in [-0.2, -0.15) is 10.2 Å². The first kappa shape index (κ1) is 32.2. The van der Waals surface area contributed by atoms with Crippen LogP contribution in [0.5, 0.6) is 0 Å². The molecule has 2 aliphatic heterocycles. The fourth-order valence-electron chi connectivity index (χ4n) is 4.47. The zero-order valence-corrected chi connectivity index (χ0v) is 25.7. The minimum atomic E-state index is -0.446. The van der Waals surface area contributed by atoms with Gasteiger partial charge in [-0.15, -0.1) is 0 Å². The maximum atomic E-state index is 12.0. The predicted octanol–water partition coefficient (Wildman–Crippen LogP) is 2.65. The normalized spacial score (nSPS) is 23.2. The minimum Gasteiger partial charge on any atom is -0.784 e. The Bertz CT molecular complexity index is 680. The van der Waals surface area contributed by atoms with Crippen LogP contribution in [0.1, 0.15) is 81.1 Å². The second-order valence-corrected chi connectivity index (χ2v) is 11.7. The standard InChI is InChI=1S/2C10H19N4OS.Zn/c2*1-9(2)5-7(12-13-8(11)16)6-10(3,4)14(9)15;/h2*5-6H2,1-4H3,(H3,11,13,16);/q2*-1;. The zero-order valence-electron chi connectivity index (χ0n) is 21.1. The molecule has 0 radical (unpaired) electrons. The van der Waals surface area contributed by atoms with Gasteiger partial charge in [0, 0.05) is 78.7 Å². The first-order valence-corrected chi connectivity index (χ1v) is 11.3. The topological polar surface area (TPSA) is 153 Å². The van der Waals surface area contributed by atoms with Crippen molar-refractivity contribution >= 4 is 46.1 Å². The molecule has 2 saturated heterocycles. The van der Waals surface area contributed by atoms with Crippen LogP contribution in [0.25, 0.3) is 0 Å². The van der Waals surface area contributed by atoms with E-state index in [1.807, 2.05) is 55.4 Å². The third-order valence-corrected chi connectivity index (χ3v) is 5.58. The van der Waals surface area contributed by atoms with Crippen molar-refractivity contribution in [1.82, 2.24) is 21.0 Å². The Hall–Kier alpha value is -0.817. The Morgan fingerprint density at radius 1 is 0.697 bits per heavy atom. The number of piperidine rings is 2. The molecule has 10 nitrogen and oxygen atoms in total. The molecule has 2 aliphatic rings. The fourth-order valence-corrected chi connectivity index (χ4v) is 4.57. The molecule has 2 rings (SSSR count). The molecule has 0 spiro atoms. The summed E-state index contributed by atoms with van der Waals surface area (Å²) in [5, 5.41) is 35.0. The second-order valence-electron chi connectivity index (χ2n) is 10.9. The summed E-state index contributed by atoms with van der Waals surface area (Å²) in [5.74, 6) is 0. The Balaban J connectivity index is 0.000000602. The van der Waals surface area contributed by atoms with Crippen LogP contribution in [0.2, 0.25) is 0 Å². The maximum Gasteiger partial charge on any atom is 0.184 e. The number of thiocarbonyl (C=S) groups is 2. The molecule has 0 amide bonds. The molecule has 0 aromatic carbocycles. The van der Waals surface area contributed by atoms with Gasteiger partial charge in [-0.1, -0.05) is 0 Å². The van der Waals surface area contributed by atoms with Crippen molar-refractivity contribution in [1.29, 1.82) is 0 Å². The first-order valence-electron chi connectivity index (χ1n) is 10.5. The largest absolute Gasteiger partial charge is 0.784 e. The number of nitrogens with zero attached hydrogens (tertiary/aromatic N) is 4. The van der Waals surface area contributed by atoms with E-state index in [0.717, 1.165) is 21.5 Å². The van der Waals surface area contributed by atoms with Gasteiger partial charge in [0.1, 0.15) is 0 Å². The van der Waals surface area contributed by atoms with E-state index in [1.54, 1.807) is 0 Å². The minimum absolute atomic E-state index is 0. The molecule has 186 valence electrons. The Morgan fingerprint density at radius 3 is 1.09 bits per heavy atom. The average molecular weight is 552 g/mol. The van der Waals surface area contributed by atoms with Gasteiger partial charge >= 0.3 is 0 Å². The summed E-state index contributed by atoms with van der Waals surface area (Å²) in [4.78, 5) is 0. The molecule has 0 aromatic heterocycles. The van der Waals surface area contributed by atoms with E-state index in [4.69, 9.17) is 11.5 Å². The molecule has 33 heavy (non-hydrogen) atoms. The molecule has 13 heteroatoms. The fraction of sp³-hybridized carbons (Fsp3) is 0.800. The van der Waals surface area contributed by atoms with Gasteiger partial charge in [0.05, 0.1) is 0 Å². The second kappa shape index (κ2) is 11.7. The summed E-state index contributed by atoms with van der Waals surface area (Å²) in [7, 11) is 0. The third-order valence-electron chi connectivity index (χ3n) is 5.39. The van der Waals surface area contributed by atoms with Crippen molar-refractivity contribution in [2.75, 3.05) is 0 Å². The van der Waals surface area contributed by atoms with E-state index in [-0.39, 0.29) is 29.7 Å². The molecule has 0 bridgehead atoms. The summed E-state index contributed by atoms with van der Waals surface area (Å²) in [6.07, 6.45) is 2.48. The van der Waals surface area contributed by atoms with Crippen molar-refractivity contribution in [2.24, 2.45) is 21.7 Å². The number of hydrazone groups is 2. The van der Waals surface area contributed by atoms with Gasteiger partial charge in [-0.3, -0.25) is 10.9 Å². The van der Waals surface area contributed by atoms with Crippen molar-refractivity contribution in [3.05, 3.63) is 10.4 Å². The van der Waals surface area contributed by atoms with Crippen molar-refractivity contribution in [2.45, 2.75) is 103 Å². The molecule has 2 fully saturated rings. The molecule has 0 aromatic rings. The summed E-state index contributed by atoms with van der Waals surface area (Å²) in [6.45, 7) is 15.3. The van der Waals surface area contributed by atoms with Crippen LogP contribution in [0.3, 0.4) is 0 Å². The summed E-state index contributed by atoms with van der Waals surface area (Å²) in [6, 6.07) is 0. The molecule has 2 heterocycles. The summed E-state index contributed by atoms with van der Waals surface area (Å²) >= 11 is 9.38. The number of hydroxylamine groups is 4. The Kier molecular flexibility index (Phi) is 11.5. The zero-order chi connectivity index (χ0) is 25.1. The van der Waals surface area contributed by atoms with Crippen LogP contribution in [0, 0.1) is 10.4 Å². The van der Waals surface area contributed by atoms with Gasteiger partial charge in [0.2, 0.25) is 0 Å². The van der Waals surface area contributed by atoms with E-state index in [1.165, 1.54) is 0 Å². The molecule has 0 saturated carbocycles. The molecule has 0 aliphatic carbocycles. The number of rotatable bonds is 2. The summed E-state index contributed by atoms with van der Waals surface area (Å²) in [5.41, 5.74) is 15.9. The van der Waals surface area contributed by atoms with Gasteiger partial charge < -0.3 is 32.0 Å². The van der Waals surface area contributed by atoms with E-state index < -0.39 is 22.2 Å². The quantitative estimate of drug-likeness (QED) is 0.229. The van der Waals surface area contributed by atoms with Gasteiger partial charge in [-0.25, -0.2) is 0 Å². The number of hydrogen-bond donors (Lipinski definition) is 4. The Morgan fingerprint density at radius 2 is 0.909 bits per heavy atom. The van der Waals surface area contributed by atoms with E-state index >= 15 is 0 Å². The van der Waals surface area contributed by atoms with Gasteiger partial charge in [0.25, 0.3) is 0 Å². The van der Waals surface area contributed by atoms with Crippen LogP contribution in [0.4, 0.5) is 0 Å². The maximum absolute atomic E-state index is 12.0. The SMILES string of the molecule is CC1(C)CC(=NNC(N)=S)CC(C)(C)N1[O-].CC1(C)CC(=NNC(N)=S)CC(C)(C)N1[O-].[Zn]. The van der Waals surface area contributed by atoms with Crippen molar-refractivity contribution in [3.8, 4) is 0 Å². The smallest absolute Gasteiger partial charge is 0.184 e. The van der Waals surface area contributed by atoms with Gasteiger partial charge in [0.15, 0.2) is 10.2 Å². The number of nitrogens with two attached hydrogens (primary N) is 2. The predicted molar refractivity (Wildman–Crippen MR) is 140 cm³/mol. The van der Waals surface area contributed by atoms with Crippen LogP contribution in [0.15, 0.2) is 10.2 Å². The molecular formula is C20H38N8O2S2Zn-2. The van der Waals surface area contributed by atoms with E-state index in [2.05, 4.69) is 45.5 Å². The van der Waals surface area contributed by atoms with Crippen LogP contribution >= 0.6 is 24.4 Å². The van der Waals surface area contributed by atoms with Crippen LogP contribution in [-0.2, 0) is 19.5 Å². The average Bonchev–Trinajstić information content (AvgIpc) is 2.60. The van der Waals surface area contributed by atoms with Crippen molar-refractivity contribution in [3.63, 3.8) is 0 Å². The van der Waals surface area contributed by atoms with E-state index in [0.29, 0.717) is 25.7 Å². The number of hydrogen-bond acceptors (Lipinski definition) is 8. The van der Waals surface area contributed by atoms with Crippen molar-refractivity contribution < 1.29 is 19.5 Å². The third kappa shape index (κ3) is 9.39. The molecule has 0 atom stereocenters. The number of nitrogens with one attached hydrogen (secondary N) is 2. The van der Waals surface area contributed by atoms with Crippen LogP contribution in [-0.4, -0.2) is 53.9 Å². The first-order chi connectivity index (χ1) is 14.3. The monoisotopic (exact) mass is 550 g/mol. The molecule has 0 unspecified atom stereocenters.